The molecule has 1 aliphatic heterocycles. The van der Waals surface area contributed by atoms with Crippen LogP contribution in [0.25, 0.3) is 0 Å². The number of benzene rings is 1. The standard InChI is InChI=1S/C19H18ClN3O3/c1-2-19(9-7-16(24)23-18(19)26)13-3-5-14(6-4-13)22-17(25)12-8-10-21-15(20)11-12/h3-6,8,10-11H,2,7,9H2,1H3,(H,22,25)(H,23,24,26). The molecule has 0 radical (unpaired) electrons. The molecule has 2 aromatic rings. The van der Waals surface area contributed by atoms with Gasteiger partial charge in [0.15, 0.2) is 0 Å². The highest BCUT2D eigenvalue weighted by atomic mass is 35.5. The Morgan fingerprint density at radius 1 is 1.27 bits per heavy atom. The molecule has 1 atom stereocenters. The van der Waals surface area contributed by atoms with Crippen LogP contribution in [0.1, 0.15) is 42.1 Å². The zero-order chi connectivity index (χ0) is 18.7. The van der Waals surface area contributed by atoms with Crippen molar-refractivity contribution in [3.63, 3.8) is 0 Å². The van der Waals surface area contributed by atoms with Gasteiger partial charge in [-0.1, -0.05) is 30.7 Å². The Morgan fingerprint density at radius 3 is 2.62 bits per heavy atom. The number of nitrogens with one attached hydrogen (secondary N) is 2. The van der Waals surface area contributed by atoms with Crippen LogP contribution in [0.5, 0.6) is 0 Å². The third-order valence-corrected chi connectivity index (χ3v) is 4.96. The lowest BCUT2D eigenvalue weighted by molar-refractivity contribution is -0.138. The molecule has 3 rings (SSSR count). The highest BCUT2D eigenvalue weighted by Crippen LogP contribution is 2.36. The van der Waals surface area contributed by atoms with Gasteiger partial charge in [-0.3, -0.25) is 19.7 Å². The molecular formula is C19H18ClN3O3. The van der Waals surface area contributed by atoms with Crippen LogP contribution in [0.4, 0.5) is 5.69 Å². The predicted molar refractivity (Wildman–Crippen MR) is 98.0 cm³/mol. The van der Waals surface area contributed by atoms with Gasteiger partial charge in [-0.05, 0) is 42.7 Å². The zero-order valence-corrected chi connectivity index (χ0v) is 15.0. The van der Waals surface area contributed by atoms with Crippen LogP contribution in [-0.4, -0.2) is 22.7 Å². The number of anilines is 1. The molecule has 2 heterocycles. The maximum Gasteiger partial charge on any atom is 0.255 e. The first-order valence-corrected chi connectivity index (χ1v) is 8.70. The van der Waals surface area contributed by atoms with Crippen molar-refractivity contribution in [2.45, 2.75) is 31.6 Å². The molecule has 0 aliphatic carbocycles. The van der Waals surface area contributed by atoms with Crippen LogP contribution in [0.15, 0.2) is 42.6 Å². The summed E-state index contributed by atoms with van der Waals surface area (Å²) in [5, 5.41) is 5.46. The van der Waals surface area contributed by atoms with Gasteiger partial charge in [0.1, 0.15) is 5.15 Å². The number of rotatable bonds is 4. The molecule has 26 heavy (non-hydrogen) atoms. The van der Waals surface area contributed by atoms with Gasteiger partial charge in [-0.2, -0.15) is 0 Å². The van der Waals surface area contributed by atoms with Crippen LogP contribution in [-0.2, 0) is 15.0 Å². The highest BCUT2D eigenvalue weighted by molar-refractivity contribution is 6.29. The summed E-state index contributed by atoms with van der Waals surface area (Å²) in [4.78, 5) is 40.0. The van der Waals surface area contributed by atoms with Crippen LogP contribution in [0, 0.1) is 0 Å². The molecule has 7 heteroatoms. The summed E-state index contributed by atoms with van der Waals surface area (Å²) in [5.41, 5.74) is 1.12. The van der Waals surface area contributed by atoms with Crippen molar-refractivity contribution in [2.75, 3.05) is 5.32 Å². The number of carbonyl (C=O) groups excluding carboxylic acids is 3. The van der Waals surface area contributed by atoms with Crippen molar-refractivity contribution in [2.24, 2.45) is 0 Å². The van der Waals surface area contributed by atoms with Crippen LogP contribution >= 0.6 is 11.6 Å². The normalized spacial score (nSPS) is 19.8. The van der Waals surface area contributed by atoms with Gasteiger partial charge < -0.3 is 5.32 Å². The first-order chi connectivity index (χ1) is 12.4. The lowest BCUT2D eigenvalue weighted by Crippen LogP contribution is -2.51. The van der Waals surface area contributed by atoms with E-state index in [9.17, 15) is 14.4 Å². The van der Waals surface area contributed by atoms with E-state index in [0.717, 1.165) is 5.56 Å². The molecule has 3 amide bonds. The number of hydrogen-bond donors (Lipinski definition) is 2. The maximum atomic E-state index is 12.4. The van der Waals surface area contributed by atoms with Gasteiger partial charge in [-0.25, -0.2) is 4.98 Å². The van der Waals surface area contributed by atoms with E-state index in [1.54, 1.807) is 18.2 Å². The van der Waals surface area contributed by atoms with Crippen molar-refractivity contribution in [1.82, 2.24) is 10.3 Å². The number of halogens is 1. The summed E-state index contributed by atoms with van der Waals surface area (Å²) in [5.74, 6) is -0.799. The summed E-state index contributed by atoms with van der Waals surface area (Å²) in [6.45, 7) is 1.93. The monoisotopic (exact) mass is 371 g/mol. The van der Waals surface area contributed by atoms with Crippen LogP contribution in [0.2, 0.25) is 5.15 Å². The largest absolute Gasteiger partial charge is 0.322 e. The van der Waals surface area contributed by atoms with Crippen molar-refractivity contribution in [3.05, 3.63) is 58.9 Å². The lowest BCUT2D eigenvalue weighted by atomic mass is 9.72. The fourth-order valence-electron chi connectivity index (χ4n) is 3.19. The number of aromatic nitrogens is 1. The average molecular weight is 372 g/mol. The van der Waals surface area contributed by atoms with E-state index < -0.39 is 5.41 Å². The second kappa shape index (κ2) is 7.25. The third-order valence-electron chi connectivity index (χ3n) is 4.75. The first kappa shape index (κ1) is 18.1. The van der Waals surface area contributed by atoms with E-state index in [1.165, 1.54) is 12.3 Å². The molecule has 1 unspecified atom stereocenters. The molecule has 1 aromatic carbocycles. The van der Waals surface area contributed by atoms with Crippen LogP contribution in [0.3, 0.4) is 0 Å². The van der Waals surface area contributed by atoms with Gasteiger partial charge in [0.25, 0.3) is 5.91 Å². The van der Waals surface area contributed by atoms with Crippen molar-refractivity contribution < 1.29 is 14.4 Å². The topological polar surface area (TPSA) is 88.2 Å². The van der Waals surface area contributed by atoms with E-state index in [-0.39, 0.29) is 22.9 Å². The van der Waals surface area contributed by atoms with Crippen LogP contribution < -0.4 is 10.6 Å². The zero-order valence-electron chi connectivity index (χ0n) is 14.2. The predicted octanol–water partition coefficient (Wildman–Crippen LogP) is 3.07. The Kier molecular flexibility index (Phi) is 5.04. The quantitative estimate of drug-likeness (QED) is 0.638. The smallest absolute Gasteiger partial charge is 0.255 e. The molecule has 1 fully saturated rings. The Morgan fingerprint density at radius 2 is 2.00 bits per heavy atom. The summed E-state index contributed by atoms with van der Waals surface area (Å²) >= 11 is 5.80. The SMILES string of the molecule is CCC1(c2ccc(NC(=O)c3ccnc(Cl)c3)cc2)CCC(=O)NC1=O. The van der Waals surface area contributed by atoms with Crippen molar-refractivity contribution in [1.29, 1.82) is 0 Å². The fourth-order valence-corrected chi connectivity index (χ4v) is 3.36. The molecule has 0 saturated carbocycles. The highest BCUT2D eigenvalue weighted by Gasteiger charge is 2.42. The summed E-state index contributed by atoms with van der Waals surface area (Å²) in [6.07, 6.45) is 2.86. The Labute approximate surface area is 156 Å². The average Bonchev–Trinajstić information content (AvgIpc) is 2.63. The summed E-state index contributed by atoms with van der Waals surface area (Å²) in [6, 6.07) is 10.2. The number of carbonyl (C=O) groups is 3. The molecule has 0 bridgehead atoms. The Hall–Kier alpha value is -2.73. The first-order valence-electron chi connectivity index (χ1n) is 8.32. The molecule has 134 valence electrons. The second-order valence-electron chi connectivity index (χ2n) is 6.21. The summed E-state index contributed by atoms with van der Waals surface area (Å²) < 4.78 is 0. The van der Waals surface area contributed by atoms with Gasteiger partial charge in [-0.15, -0.1) is 0 Å². The molecule has 0 spiro atoms. The van der Waals surface area contributed by atoms with Gasteiger partial charge in [0.05, 0.1) is 5.41 Å². The van der Waals surface area contributed by atoms with E-state index in [1.807, 2.05) is 19.1 Å². The van der Waals surface area contributed by atoms with Crippen molar-refractivity contribution >= 4 is 35.0 Å². The second-order valence-corrected chi connectivity index (χ2v) is 6.60. The Bertz CT molecular complexity index is 867. The molecule has 2 N–H and O–H groups in total. The lowest BCUT2D eigenvalue weighted by Gasteiger charge is -2.35. The number of piperidine rings is 1. The van der Waals surface area contributed by atoms with E-state index in [0.29, 0.717) is 30.5 Å². The van der Waals surface area contributed by atoms with Crippen molar-refractivity contribution in [3.8, 4) is 0 Å². The number of imide groups is 1. The summed E-state index contributed by atoms with van der Waals surface area (Å²) in [7, 11) is 0. The number of hydrogen-bond acceptors (Lipinski definition) is 4. The Balaban J connectivity index is 1.79. The minimum absolute atomic E-state index is 0.237. The number of pyridine rings is 1. The number of nitrogens with zero attached hydrogens (tertiary/aromatic N) is 1. The molecule has 1 saturated heterocycles. The maximum absolute atomic E-state index is 12.4. The van der Waals surface area contributed by atoms with Gasteiger partial charge in [0, 0.05) is 23.9 Å². The molecular weight excluding hydrogens is 354 g/mol. The molecule has 1 aromatic heterocycles. The molecule has 6 nitrogen and oxygen atoms in total. The van der Waals surface area contributed by atoms with E-state index >= 15 is 0 Å². The third kappa shape index (κ3) is 3.46. The van der Waals surface area contributed by atoms with Gasteiger partial charge >= 0.3 is 0 Å². The number of amides is 3. The van der Waals surface area contributed by atoms with E-state index in [4.69, 9.17) is 11.6 Å². The molecule has 1 aliphatic rings. The fraction of sp³-hybridized carbons (Fsp3) is 0.263. The van der Waals surface area contributed by atoms with Gasteiger partial charge in [0.2, 0.25) is 11.8 Å². The minimum atomic E-state index is -0.713. The minimum Gasteiger partial charge on any atom is -0.322 e. The van der Waals surface area contributed by atoms with E-state index in [2.05, 4.69) is 15.6 Å².